The zero-order chi connectivity index (χ0) is 12.3. The number of anilines is 1. The Labute approximate surface area is 101 Å². The molecule has 0 amide bonds. The van der Waals surface area contributed by atoms with Gasteiger partial charge in [0.15, 0.2) is 0 Å². The van der Waals surface area contributed by atoms with E-state index in [1.54, 1.807) is 6.07 Å². The molecule has 1 aliphatic rings. The van der Waals surface area contributed by atoms with Gasteiger partial charge in [0.2, 0.25) is 0 Å². The molecule has 2 unspecified atom stereocenters. The predicted molar refractivity (Wildman–Crippen MR) is 64.8 cm³/mol. The van der Waals surface area contributed by atoms with E-state index in [-0.39, 0.29) is 18.8 Å². The van der Waals surface area contributed by atoms with Gasteiger partial charge in [-0.25, -0.2) is 0 Å². The average molecular weight is 232 g/mol. The number of hydrogen-bond donors (Lipinski definition) is 1. The maximum absolute atomic E-state index is 9.17. The van der Waals surface area contributed by atoms with Crippen molar-refractivity contribution in [3.8, 4) is 6.07 Å². The van der Waals surface area contributed by atoms with Crippen LogP contribution < -0.4 is 4.90 Å². The Morgan fingerprint density at radius 3 is 3.06 bits per heavy atom. The zero-order valence-corrected chi connectivity index (χ0v) is 9.84. The minimum Gasteiger partial charge on any atom is -0.394 e. The maximum atomic E-state index is 9.17. The monoisotopic (exact) mass is 232 g/mol. The van der Waals surface area contributed by atoms with E-state index >= 15 is 0 Å². The van der Waals surface area contributed by atoms with Crippen LogP contribution in [0, 0.1) is 11.3 Å². The van der Waals surface area contributed by atoms with E-state index in [2.05, 4.69) is 11.0 Å². The van der Waals surface area contributed by atoms with Crippen LogP contribution in [0.25, 0.3) is 0 Å². The third kappa shape index (κ3) is 2.76. The Hall–Kier alpha value is -1.57. The average Bonchev–Trinajstić information content (AvgIpc) is 2.38. The first-order chi connectivity index (χ1) is 8.22. The summed E-state index contributed by atoms with van der Waals surface area (Å²) in [5.41, 5.74) is 1.67. The fourth-order valence-corrected chi connectivity index (χ4v) is 2.13. The Morgan fingerprint density at radius 1 is 1.53 bits per heavy atom. The summed E-state index contributed by atoms with van der Waals surface area (Å²) >= 11 is 0. The molecule has 0 aromatic heterocycles. The molecule has 0 saturated carbocycles. The fourth-order valence-electron chi connectivity index (χ4n) is 2.13. The van der Waals surface area contributed by atoms with Crippen LogP contribution in [0.5, 0.6) is 0 Å². The molecule has 4 heteroatoms. The number of nitriles is 1. The van der Waals surface area contributed by atoms with E-state index in [1.165, 1.54) is 0 Å². The molecule has 1 N–H and O–H groups in total. The van der Waals surface area contributed by atoms with E-state index in [0.29, 0.717) is 12.1 Å². The Balaban J connectivity index is 2.18. The largest absolute Gasteiger partial charge is 0.394 e. The van der Waals surface area contributed by atoms with Crippen LogP contribution in [0.3, 0.4) is 0 Å². The number of aliphatic hydroxyl groups is 1. The summed E-state index contributed by atoms with van der Waals surface area (Å²) < 4.78 is 5.59. The summed E-state index contributed by atoms with van der Waals surface area (Å²) in [6.45, 7) is 3.46. The van der Waals surface area contributed by atoms with Gasteiger partial charge in [0.1, 0.15) is 0 Å². The SMILES string of the molecule is CC1CN(c2cccc(C#N)c2)CC(CO)O1. The molecule has 2 atom stereocenters. The molecule has 1 aromatic rings. The first-order valence-electron chi connectivity index (χ1n) is 5.74. The quantitative estimate of drug-likeness (QED) is 0.831. The molecule has 2 rings (SSSR count). The van der Waals surface area contributed by atoms with E-state index < -0.39 is 0 Å². The number of benzene rings is 1. The second-order valence-corrected chi connectivity index (χ2v) is 4.32. The summed E-state index contributed by atoms with van der Waals surface area (Å²) in [7, 11) is 0. The van der Waals surface area contributed by atoms with Crippen molar-refractivity contribution in [1.82, 2.24) is 0 Å². The van der Waals surface area contributed by atoms with Crippen molar-refractivity contribution >= 4 is 5.69 Å². The Bertz CT molecular complexity index is 428. The van der Waals surface area contributed by atoms with Crippen molar-refractivity contribution in [2.24, 2.45) is 0 Å². The lowest BCUT2D eigenvalue weighted by Gasteiger charge is -2.37. The Morgan fingerprint density at radius 2 is 2.35 bits per heavy atom. The molecule has 1 saturated heterocycles. The van der Waals surface area contributed by atoms with Crippen molar-refractivity contribution in [3.05, 3.63) is 29.8 Å². The lowest BCUT2D eigenvalue weighted by Crippen LogP contribution is -2.48. The highest BCUT2D eigenvalue weighted by atomic mass is 16.5. The van der Waals surface area contributed by atoms with E-state index in [9.17, 15) is 5.11 Å². The van der Waals surface area contributed by atoms with Gasteiger partial charge in [-0.3, -0.25) is 0 Å². The minimum absolute atomic E-state index is 0.0266. The second-order valence-electron chi connectivity index (χ2n) is 4.32. The van der Waals surface area contributed by atoms with Crippen LogP contribution in [0.2, 0.25) is 0 Å². The molecule has 0 aliphatic carbocycles. The second kappa shape index (κ2) is 5.17. The van der Waals surface area contributed by atoms with Gasteiger partial charge < -0.3 is 14.7 Å². The molecule has 0 bridgehead atoms. The number of ether oxygens (including phenoxy) is 1. The lowest BCUT2D eigenvalue weighted by molar-refractivity contribution is -0.0421. The highest BCUT2D eigenvalue weighted by Gasteiger charge is 2.24. The summed E-state index contributed by atoms with van der Waals surface area (Å²) in [6.07, 6.45) is -0.0591. The van der Waals surface area contributed by atoms with Gasteiger partial charge in [-0.15, -0.1) is 0 Å². The van der Waals surface area contributed by atoms with Gasteiger partial charge in [0.05, 0.1) is 30.4 Å². The molecule has 90 valence electrons. The highest BCUT2D eigenvalue weighted by Crippen LogP contribution is 2.21. The minimum atomic E-state index is -0.149. The number of hydrogen-bond acceptors (Lipinski definition) is 4. The standard InChI is InChI=1S/C13H16N2O2/c1-10-7-15(8-13(9-16)17-10)12-4-2-3-11(5-12)6-14/h2-5,10,13,16H,7-9H2,1H3. The molecular weight excluding hydrogens is 216 g/mol. The topological polar surface area (TPSA) is 56.5 Å². The summed E-state index contributed by atoms with van der Waals surface area (Å²) in [5.74, 6) is 0. The molecule has 1 aliphatic heterocycles. The first-order valence-corrected chi connectivity index (χ1v) is 5.74. The first kappa shape index (κ1) is 11.9. The van der Waals surface area contributed by atoms with Crippen LogP contribution in [0.1, 0.15) is 12.5 Å². The van der Waals surface area contributed by atoms with Gasteiger partial charge in [-0.2, -0.15) is 5.26 Å². The molecule has 1 aromatic carbocycles. The fraction of sp³-hybridized carbons (Fsp3) is 0.462. The normalized spacial score (nSPS) is 24.4. The Kier molecular flexibility index (Phi) is 3.62. The molecule has 1 heterocycles. The summed E-state index contributed by atoms with van der Waals surface area (Å²) in [4.78, 5) is 2.15. The zero-order valence-electron chi connectivity index (χ0n) is 9.84. The van der Waals surface area contributed by atoms with Gasteiger partial charge in [0.25, 0.3) is 0 Å². The summed E-state index contributed by atoms with van der Waals surface area (Å²) in [5, 5.41) is 18.0. The van der Waals surface area contributed by atoms with Crippen LogP contribution in [-0.4, -0.2) is 37.0 Å². The molecule has 1 fully saturated rings. The third-order valence-electron chi connectivity index (χ3n) is 2.87. The van der Waals surface area contributed by atoms with Crippen LogP contribution in [0.15, 0.2) is 24.3 Å². The van der Waals surface area contributed by atoms with Gasteiger partial charge in [-0.1, -0.05) is 6.07 Å². The number of morpholine rings is 1. The molecule has 0 radical (unpaired) electrons. The third-order valence-corrected chi connectivity index (χ3v) is 2.87. The van der Waals surface area contributed by atoms with Crippen LogP contribution >= 0.6 is 0 Å². The molecule has 17 heavy (non-hydrogen) atoms. The van der Waals surface area contributed by atoms with Crippen molar-refractivity contribution in [2.75, 3.05) is 24.6 Å². The number of aliphatic hydroxyl groups excluding tert-OH is 1. The maximum Gasteiger partial charge on any atom is 0.0992 e. The molecular formula is C13H16N2O2. The lowest BCUT2D eigenvalue weighted by atomic mass is 10.1. The van der Waals surface area contributed by atoms with Crippen molar-refractivity contribution in [2.45, 2.75) is 19.1 Å². The van der Waals surface area contributed by atoms with E-state index in [4.69, 9.17) is 10.00 Å². The van der Waals surface area contributed by atoms with Gasteiger partial charge in [0, 0.05) is 18.8 Å². The van der Waals surface area contributed by atoms with Crippen molar-refractivity contribution < 1.29 is 9.84 Å². The van der Waals surface area contributed by atoms with E-state index in [1.807, 2.05) is 25.1 Å². The number of nitrogens with zero attached hydrogens (tertiary/aromatic N) is 2. The van der Waals surface area contributed by atoms with E-state index in [0.717, 1.165) is 12.2 Å². The van der Waals surface area contributed by atoms with Crippen LogP contribution in [-0.2, 0) is 4.74 Å². The molecule has 0 spiro atoms. The summed E-state index contributed by atoms with van der Waals surface area (Å²) in [6, 6.07) is 9.65. The molecule has 4 nitrogen and oxygen atoms in total. The predicted octanol–water partition coefficient (Wildman–Crippen LogP) is 1.14. The van der Waals surface area contributed by atoms with Crippen molar-refractivity contribution in [3.63, 3.8) is 0 Å². The van der Waals surface area contributed by atoms with Gasteiger partial charge >= 0.3 is 0 Å². The number of rotatable bonds is 2. The smallest absolute Gasteiger partial charge is 0.0992 e. The van der Waals surface area contributed by atoms with Crippen molar-refractivity contribution in [1.29, 1.82) is 5.26 Å². The van der Waals surface area contributed by atoms with Crippen LogP contribution in [0.4, 0.5) is 5.69 Å². The highest BCUT2D eigenvalue weighted by molar-refractivity contribution is 5.52. The van der Waals surface area contributed by atoms with Gasteiger partial charge in [-0.05, 0) is 25.1 Å².